The number of hydrogen-bond donors (Lipinski definition) is 3. The maximum atomic E-state index is 13.1. The minimum Gasteiger partial charge on any atom is -0.495 e. The maximum absolute atomic E-state index is 13.1. The SMILES string of the molecule is CCOc1ccccc1[C@H]1C=C(C(=O)O)Nc2c(C(=O)Nc3ccccc3OC)cnn21. The number of amides is 1. The van der Waals surface area contributed by atoms with Crippen molar-refractivity contribution >= 4 is 23.4 Å². The summed E-state index contributed by atoms with van der Waals surface area (Å²) in [5, 5.41) is 19.7. The highest BCUT2D eigenvalue weighted by molar-refractivity contribution is 6.09. The van der Waals surface area contributed by atoms with Crippen LogP contribution in [0.3, 0.4) is 0 Å². The fourth-order valence-electron chi connectivity index (χ4n) is 3.56. The molecule has 1 amide bonds. The van der Waals surface area contributed by atoms with Crippen LogP contribution in [0.15, 0.2) is 66.5 Å². The highest BCUT2D eigenvalue weighted by Crippen LogP contribution is 2.36. The Labute approximate surface area is 184 Å². The van der Waals surface area contributed by atoms with Gasteiger partial charge in [0.2, 0.25) is 0 Å². The van der Waals surface area contributed by atoms with Gasteiger partial charge in [-0.1, -0.05) is 30.3 Å². The van der Waals surface area contributed by atoms with Crippen LogP contribution in [0.2, 0.25) is 0 Å². The summed E-state index contributed by atoms with van der Waals surface area (Å²) in [5.41, 5.74) is 1.36. The standard InChI is InChI=1S/C23H22N4O5/c1-3-32-19-10-6-4-8-14(19)18-12-17(23(29)30)25-21-15(13-24-27(18)21)22(28)26-16-9-5-7-11-20(16)31-2/h4-13,18,25H,3H2,1-2H3,(H,26,28)(H,29,30)/t18-/m1/s1. The van der Waals surface area contributed by atoms with Gasteiger partial charge in [0.05, 0.1) is 25.6 Å². The van der Waals surface area contributed by atoms with Crippen molar-refractivity contribution in [2.75, 3.05) is 24.4 Å². The van der Waals surface area contributed by atoms with Gasteiger partial charge < -0.3 is 25.2 Å². The number of hydrogen-bond acceptors (Lipinski definition) is 6. The van der Waals surface area contributed by atoms with E-state index < -0.39 is 17.9 Å². The Morgan fingerprint density at radius 1 is 1.16 bits per heavy atom. The van der Waals surface area contributed by atoms with E-state index in [0.29, 0.717) is 23.8 Å². The number of carbonyl (C=O) groups is 2. The first-order valence-corrected chi connectivity index (χ1v) is 9.99. The lowest BCUT2D eigenvalue weighted by Crippen LogP contribution is -2.26. The first kappa shape index (κ1) is 21.0. The lowest BCUT2D eigenvalue weighted by Gasteiger charge is -2.25. The number of nitrogens with zero attached hydrogens (tertiary/aromatic N) is 2. The predicted octanol–water partition coefficient (Wildman–Crippen LogP) is 3.53. The lowest BCUT2D eigenvalue weighted by molar-refractivity contribution is -0.132. The van der Waals surface area contributed by atoms with Crippen LogP contribution >= 0.6 is 0 Å². The molecule has 0 radical (unpaired) electrons. The van der Waals surface area contributed by atoms with Gasteiger partial charge in [-0.25, -0.2) is 9.48 Å². The van der Waals surface area contributed by atoms with Crippen molar-refractivity contribution < 1.29 is 24.2 Å². The summed E-state index contributed by atoms with van der Waals surface area (Å²) in [7, 11) is 1.51. The summed E-state index contributed by atoms with van der Waals surface area (Å²) < 4.78 is 12.6. The smallest absolute Gasteiger partial charge is 0.352 e. The van der Waals surface area contributed by atoms with E-state index in [1.54, 1.807) is 35.0 Å². The van der Waals surface area contributed by atoms with Crippen molar-refractivity contribution in [3.8, 4) is 11.5 Å². The zero-order valence-electron chi connectivity index (χ0n) is 17.5. The normalized spacial score (nSPS) is 14.6. The van der Waals surface area contributed by atoms with Gasteiger partial charge in [0.25, 0.3) is 5.91 Å². The van der Waals surface area contributed by atoms with E-state index >= 15 is 0 Å². The van der Waals surface area contributed by atoms with Gasteiger partial charge in [-0.2, -0.15) is 5.10 Å². The Kier molecular flexibility index (Phi) is 5.80. The number of ether oxygens (including phenoxy) is 2. The number of aromatic nitrogens is 2. The Bertz CT molecular complexity index is 1200. The van der Waals surface area contributed by atoms with E-state index in [0.717, 1.165) is 5.56 Å². The Hall–Kier alpha value is -4.27. The second-order valence-electron chi connectivity index (χ2n) is 6.93. The van der Waals surface area contributed by atoms with Crippen LogP contribution in [0, 0.1) is 0 Å². The molecule has 1 atom stereocenters. The summed E-state index contributed by atoms with van der Waals surface area (Å²) in [6.07, 6.45) is 2.95. The van der Waals surface area contributed by atoms with E-state index in [9.17, 15) is 14.7 Å². The zero-order valence-corrected chi connectivity index (χ0v) is 17.5. The minimum absolute atomic E-state index is 0.0550. The van der Waals surface area contributed by atoms with E-state index in [1.807, 2.05) is 31.2 Å². The molecule has 164 valence electrons. The zero-order chi connectivity index (χ0) is 22.7. The molecule has 32 heavy (non-hydrogen) atoms. The van der Waals surface area contributed by atoms with Gasteiger partial charge in [0, 0.05) is 5.56 Å². The molecule has 0 saturated carbocycles. The summed E-state index contributed by atoms with van der Waals surface area (Å²) in [4.78, 5) is 24.9. The minimum atomic E-state index is -1.15. The van der Waals surface area contributed by atoms with E-state index in [2.05, 4.69) is 15.7 Å². The van der Waals surface area contributed by atoms with E-state index in [1.165, 1.54) is 13.3 Å². The van der Waals surface area contributed by atoms with Crippen molar-refractivity contribution in [2.45, 2.75) is 13.0 Å². The van der Waals surface area contributed by atoms with Gasteiger partial charge in [-0.05, 0) is 31.2 Å². The first-order chi connectivity index (χ1) is 15.5. The molecule has 0 saturated heterocycles. The Morgan fingerprint density at radius 2 is 1.88 bits per heavy atom. The van der Waals surface area contributed by atoms with Crippen LogP contribution in [0.1, 0.15) is 28.9 Å². The number of carboxylic acids is 1. The number of carbonyl (C=O) groups excluding carboxylic acids is 1. The summed E-state index contributed by atoms with van der Waals surface area (Å²) in [5.74, 6) is -0.207. The van der Waals surface area contributed by atoms with Crippen LogP contribution in [0.4, 0.5) is 11.5 Å². The van der Waals surface area contributed by atoms with E-state index in [-0.39, 0.29) is 17.1 Å². The summed E-state index contributed by atoms with van der Waals surface area (Å²) in [6, 6.07) is 13.8. The summed E-state index contributed by atoms with van der Waals surface area (Å²) >= 11 is 0. The molecule has 0 bridgehead atoms. The average Bonchev–Trinajstić information content (AvgIpc) is 3.24. The number of methoxy groups -OCH3 is 1. The Balaban J connectivity index is 1.75. The highest BCUT2D eigenvalue weighted by atomic mass is 16.5. The fraction of sp³-hybridized carbons (Fsp3) is 0.174. The van der Waals surface area contributed by atoms with Gasteiger partial charge >= 0.3 is 5.97 Å². The molecule has 2 aromatic carbocycles. The van der Waals surface area contributed by atoms with Crippen molar-refractivity contribution in [1.29, 1.82) is 0 Å². The molecule has 9 heteroatoms. The van der Waals surface area contributed by atoms with Crippen molar-refractivity contribution in [3.63, 3.8) is 0 Å². The molecule has 0 unspecified atom stereocenters. The van der Waals surface area contributed by atoms with Crippen LogP contribution in [-0.4, -0.2) is 40.5 Å². The number of para-hydroxylation sites is 3. The van der Waals surface area contributed by atoms with Crippen LogP contribution < -0.4 is 20.1 Å². The average molecular weight is 434 g/mol. The van der Waals surface area contributed by atoms with Crippen LogP contribution in [-0.2, 0) is 4.79 Å². The first-order valence-electron chi connectivity index (χ1n) is 9.99. The summed E-state index contributed by atoms with van der Waals surface area (Å²) in [6.45, 7) is 2.33. The van der Waals surface area contributed by atoms with Crippen molar-refractivity contribution in [2.24, 2.45) is 0 Å². The lowest BCUT2D eigenvalue weighted by atomic mass is 10.0. The molecule has 0 aliphatic carbocycles. The fourth-order valence-corrected chi connectivity index (χ4v) is 3.56. The molecule has 0 spiro atoms. The molecule has 4 rings (SSSR count). The molecule has 2 heterocycles. The van der Waals surface area contributed by atoms with E-state index in [4.69, 9.17) is 9.47 Å². The van der Waals surface area contributed by atoms with Crippen molar-refractivity contribution in [3.05, 3.63) is 77.6 Å². The number of anilines is 2. The van der Waals surface area contributed by atoms with Crippen molar-refractivity contribution in [1.82, 2.24) is 9.78 Å². The Morgan fingerprint density at radius 3 is 2.59 bits per heavy atom. The molecular formula is C23H22N4O5. The quantitative estimate of drug-likeness (QED) is 0.521. The predicted molar refractivity (Wildman–Crippen MR) is 118 cm³/mol. The van der Waals surface area contributed by atoms with Gasteiger partial charge in [0.1, 0.15) is 34.6 Å². The van der Waals surface area contributed by atoms with Crippen LogP contribution in [0.5, 0.6) is 11.5 Å². The molecule has 0 fully saturated rings. The number of nitrogens with one attached hydrogen (secondary N) is 2. The third-order valence-corrected chi connectivity index (χ3v) is 5.00. The highest BCUT2D eigenvalue weighted by Gasteiger charge is 2.31. The second kappa shape index (κ2) is 8.84. The molecular weight excluding hydrogens is 412 g/mol. The number of fused-ring (bicyclic) bond motifs is 1. The maximum Gasteiger partial charge on any atom is 0.352 e. The number of carboxylic acid groups (broad SMARTS) is 1. The molecule has 9 nitrogen and oxygen atoms in total. The monoisotopic (exact) mass is 434 g/mol. The molecule has 3 N–H and O–H groups in total. The van der Waals surface area contributed by atoms with Gasteiger partial charge in [-0.3, -0.25) is 4.79 Å². The molecule has 1 aliphatic rings. The third-order valence-electron chi connectivity index (χ3n) is 5.00. The number of benzene rings is 2. The van der Waals surface area contributed by atoms with Gasteiger partial charge in [-0.15, -0.1) is 0 Å². The number of rotatable bonds is 7. The molecule has 1 aliphatic heterocycles. The van der Waals surface area contributed by atoms with Crippen LogP contribution in [0.25, 0.3) is 0 Å². The van der Waals surface area contributed by atoms with Gasteiger partial charge in [0.15, 0.2) is 0 Å². The second-order valence-corrected chi connectivity index (χ2v) is 6.93. The molecule has 3 aromatic rings. The molecule has 1 aromatic heterocycles. The number of allylic oxidation sites excluding steroid dienone is 1. The third kappa shape index (κ3) is 3.87. The largest absolute Gasteiger partial charge is 0.495 e. The topological polar surface area (TPSA) is 115 Å². The number of aliphatic carboxylic acids is 1.